The molecule has 0 unspecified atom stereocenters. The largest absolute Gasteiger partial charge is 0.309 e. The van der Waals surface area contributed by atoms with E-state index in [2.05, 4.69) is 103 Å². The van der Waals surface area contributed by atoms with Crippen molar-refractivity contribution < 1.29 is 0 Å². The summed E-state index contributed by atoms with van der Waals surface area (Å²) < 4.78 is 2.39. The minimum absolute atomic E-state index is 1.01. The van der Waals surface area contributed by atoms with Gasteiger partial charge in [0.2, 0.25) is 0 Å². The van der Waals surface area contributed by atoms with Gasteiger partial charge in [-0.2, -0.15) is 0 Å². The smallest absolute Gasteiger partial charge is 0.0622 e. The lowest BCUT2D eigenvalue weighted by Gasteiger charge is -2.15. The third-order valence-corrected chi connectivity index (χ3v) is 5.87. The Morgan fingerprint density at radius 3 is 2.29 bits per heavy atom. The first-order chi connectivity index (χ1) is 13.6. The quantitative estimate of drug-likeness (QED) is 0.306. The van der Waals surface area contributed by atoms with Gasteiger partial charge in [0.1, 0.15) is 0 Å². The molecule has 0 aliphatic rings. The summed E-state index contributed by atoms with van der Waals surface area (Å²) in [5.74, 6) is 0. The van der Waals surface area contributed by atoms with Gasteiger partial charge in [-0.15, -0.1) is 12.6 Å². The third kappa shape index (κ3) is 2.56. The van der Waals surface area contributed by atoms with Crippen molar-refractivity contribution in [3.63, 3.8) is 0 Å². The molecule has 0 fully saturated rings. The van der Waals surface area contributed by atoms with Crippen LogP contribution in [0.5, 0.6) is 0 Å². The molecule has 0 atom stereocenters. The van der Waals surface area contributed by atoms with Crippen molar-refractivity contribution in [2.75, 3.05) is 0 Å². The number of benzene rings is 4. The molecule has 136 valence electrons. The Balaban J connectivity index is 2.03. The SMILES string of the molecule is Cc1ccc(S)c(-c2c(C)ccc3c4ccccc4n(-c4ccccc4)c23)c1. The molecule has 1 heterocycles. The highest BCUT2D eigenvalue weighted by molar-refractivity contribution is 7.80. The van der Waals surface area contributed by atoms with Gasteiger partial charge in [0.15, 0.2) is 0 Å². The minimum Gasteiger partial charge on any atom is -0.309 e. The molecule has 0 spiro atoms. The summed E-state index contributed by atoms with van der Waals surface area (Å²) in [5, 5.41) is 2.55. The van der Waals surface area contributed by atoms with Crippen LogP contribution < -0.4 is 0 Å². The van der Waals surface area contributed by atoms with Crippen LogP contribution in [0.2, 0.25) is 0 Å². The third-order valence-electron chi connectivity index (χ3n) is 5.48. The van der Waals surface area contributed by atoms with Crippen LogP contribution in [-0.4, -0.2) is 4.57 Å². The van der Waals surface area contributed by atoms with E-state index in [-0.39, 0.29) is 0 Å². The molecular formula is C26H21NS. The summed E-state index contributed by atoms with van der Waals surface area (Å²) in [6.07, 6.45) is 0. The fraction of sp³-hybridized carbons (Fsp3) is 0.0769. The van der Waals surface area contributed by atoms with Crippen molar-refractivity contribution in [2.45, 2.75) is 18.7 Å². The number of thiol groups is 1. The van der Waals surface area contributed by atoms with Crippen molar-refractivity contribution in [3.05, 3.63) is 96.1 Å². The molecule has 1 aromatic heterocycles. The van der Waals surface area contributed by atoms with E-state index in [1.807, 2.05) is 0 Å². The highest BCUT2D eigenvalue weighted by Crippen LogP contribution is 2.41. The summed E-state index contributed by atoms with van der Waals surface area (Å²) in [4.78, 5) is 1.01. The van der Waals surface area contributed by atoms with Gasteiger partial charge in [-0.05, 0) is 49.2 Å². The standard InChI is InChI=1S/C26H21NS/c1-17-12-15-24(28)22(16-17)25-18(2)13-14-21-20-10-6-7-11-23(20)27(26(21)25)19-8-4-3-5-9-19/h3-16,28H,1-2H3. The molecule has 0 saturated heterocycles. The second kappa shape index (κ2) is 6.57. The minimum atomic E-state index is 1.01. The molecule has 0 saturated carbocycles. The van der Waals surface area contributed by atoms with E-state index in [1.54, 1.807) is 0 Å². The van der Waals surface area contributed by atoms with Crippen molar-refractivity contribution in [1.82, 2.24) is 4.57 Å². The van der Waals surface area contributed by atoms with E-state index < -0.39 is 0 Å². The predicted molar refractivity (Wildman–Crippen MR) is 123 cm³/mol. The number of aryl methyl sites for hydroxylation is 2. The fourth-order valence-corrected chi connectivity index (χ4v) is 4.44. The molecular weight excluding hydrogens is 358 g/mol. The Kier molecular flexibility index (Phi) is 4.03. The van der Waals surface area contributed by atoms with E-state index in [0.717, 1.165) is 4.90 Å². The average Bonchev–Trinajstić information content (AvgIpc) is 3.05. The van der Waals surface area contributed by atoms with Gasteiger partial charge in [0.05, 0.1) is 11.0 Å². The second-order valence-corrected chi connectivity index (χ2v) is 7.84. The lowest BCUT2D eigenvalue weighted by Crippen LogP contribution is -1.97. The molecule has 1 nitrogen and oxygen atoms in total. The predicted octanol–water partition coefficient (Wildman–Crippen LogP) is 7.36. The van der Waals surface area contributed by atoms with E-state index >= 15 is 0 Å². The average molecular weight is 380 g/mol. The Morgan fingerprint density at radius 2 is 1.46 bits per heavy atom. The number of rotatable bonds is 2. The summed E-state index contributed by atoms with van der Waals surface area (Å²) in [7, 11) is 0. The number of hydrogen-bond acceptors (Lipinski definition) is 1. The first kappa shape index (κ1) is 17.2. The number of para-hydroxylation sites is 2. The molecule has 0 bridgehead atoms. The zero-order valence-corrected chi connectivity index (χ0v) is 16.9. The Bertz CT molecular complexity index is 1330. The first-order valence-electron chi connectivity index (χ1n) is 9.53. The maximum absolute atomic E-state index is 4.80. The molecule has 5 rings (SSSR count). The second-order valence-electron chi connectivity index (χ2n) is 7.36. The van der Waals surface area contributed by atoms with Crippen LogP contribution in [0.25, 0.3) is 38.6 Å². The highest BCUT2D eigenvalue weighted by Gasteiger charge is 2.19. The van der Waals surface area contributed by atoms with E-state index in [9.17, 15) is 0 Å². The van der Waals surface area contributed by atoms with Gasteiger partial charge < -0.3 is 4.57 Å². The van der Waals surface area contributed by atoms with Crippen molar-refractivity contribution in [2.24, 2.45) is 0 Å². The van der Waals surface area contributed by atoms with Crippen LogP contribution >= 0.6 is 12.6 Å². The van der Waals surface area contributed by atoms with Crippen LogP contribution in [0.3, 0.4) is 0 Å². The van der Waals surface area contributed by atoms with Gasteiger partial charge in [0.25, 0.3) is 0 Å². The molecule has 0 aliphatic heterocycles. The number of fused-ring (bicyclic) bond motifs is 3. The van der Waals surface area contributed by atoms with Crippen LogP contribution in [0.4, 0.5) is 0 Å². The lowest BCUT2D eigenvalue weighted by atomic mass is 9.96. The zero-order valence-electron chi connectivity index (χ0n) is 16.0. The molecule has 0 aliphatic carbocycles. The van der Waals surface area contributed by atoms with Gasteiger partial charge in [0, 0.05) is 26.9 Å². The van der Waals surface area contributed by atoms with Gasteiger partial charge >= 0.3 is 0 Å². The molecule has 28 heavy (non-hydrogen) atoms. The van der Waals surface area contributed by atoms with Crippen molar-refractivity contribution in [3.8, 4) is 16.8 Å². The molecule has 0 radical (unpaired) electrons. The lowest BCUT2D eigenvalue weighted by molar-refractivity contribution is 1.18. The van der Waals surface area contributed by atoms with Gasteiger partial charge in [-0.25, -0.2) is 0 Å². The van der Waals surface area contributed by atoms with E-state index in [4.69, 9.17) is 12.6 Å². The molecule has 2 heteroatoms. The summed E-state index contributed by atoms with van der Waals surface area (Å²) in [6, 6.07) is 30.2. The summed E-state index contributed by atoms with van der Waals surface area (Å²) in [6.45, 7) is 4.33. The number of hydrogen-bond donors (Lipinski definition) is 1. The van der Waals surface area contributed by atoms with Crippen molar-refractivity contribution >= 4 is 34.4 Å². The van der Waals surface area contributed by atoms with Crippen LogP contribution in [-0.2, 0) is 0 Å². The highest BCUT2D eigenvalue weighted by atomic mass is 32.1. The Morgan fingerprint density at radius 1 is 0.714 bits per heavy atom. The number of aromatic nitrogens is 1. The molecule has 5 aromatic rings. The van der Waals surface area contributed by atoms with Crippen LogP contribution in [0.15, 0.2) is 89.8 Å². The van der Waals surface area contributed by atoms with Crippen LogP contribution in [0.1, 0.15) is 11.1 Å². The van der Waals surface area contributed by atoms with Gasteiger partial charge in [-0.1, -0.05) is 66.2 Å². The Labute approximate surface area is 170 Å². The molecule has 0 amide bonds. The first-order valence-corrected chi connectivity index (χ1v) is 9.98. The normalized spacial score (nSPS) is 11.4. The van der Waals surface area contributed by atoms with Crippen LogP contribution in [0, 0.1) is 13.8 Å². The Hall–Kier alpha value is -2.97. The van der Waals surface area contributed by atoms with E-state index in [0.29, 0.717) is 0 Å². The van der Waals surface area contributed by atoms with Gasteiger partial charge in [-0.3, -0.25) is 0 Å². The van der Waals surface area contributed by atoms with E-state index in [1.165, 1.54) is 49.7 Å². The molecule has 0 N–H and O–H groups in total. The summed E-state index contributed by atoms with van der Waals surface area (Å²) >= 11 is 4.80. The number of nitrogens with zero attached hydrogens (tertiary/aromatic N) is 1. The summed E-state index contributed by atoms with van der Waals surface area (Å²) in [5.41, 5.74) is 8.59. The molecule has 4 aromatic carbocycles. The fourth-order valence-electron chi connectivity index (χ4n) is 4.19. The maximum Gasteiger partial charge on any atom is 0.0622 e. The topological polar surface area (TPSA) is 4.93 Å². The monoisotopic (exact) mass is 379 g/mol. The zero-order chi connectivity index (χ0) is 19.3. The maximum atomic E-state index is 4.80. The van der Waals surface area contributed by atoms with Crippen molar-refractivity contribution in [1.29, 1.82) is 0 Å².